The quantitative estimate of drug-likeness (QED) is 0.284. The van der Waals surface area contributed by atoms with Gasteiger partial charge in [-0.2, -0.15) is 0 Å². The van der Waals surface area contributed by atoms with Crippen molar-refractivity contribution in [1.82, 2.24) is 4.90 Å². The van der Waals surface area contributed by atoms with Crippen molar-refractivity contribution in [2.24, 2.45) is 0 Å². The standard InChI is InChI=1S/C24H31NO2/c1-3-25(4-2)19-9-6-10-20-27-23-16-14-22(15-17-23)24(26)18-13-21-11-7-5-8-12-21/h5,7-8,11-18H,3-4,6,9-10,19-20H2,1-2H3/b18-13+. The number of hydrogen-bond acceptors (Lipinski definition) is 3. The van der Waals surface area contributed by atoms with Gasteiger partial charge in [-0.1, -0.05) is 50.3 Å². The van der Waals surface area contributed by atoms with E-state index >= 15 is 0 Å². The fraction of sp³-hybridized carbons (Fsp3) is 0.375. The van der Waals surface area contributed by atoms with Crippen LogP contribution in [-0.2, 0) is 0 Å². The molecule has 2 rings (SSSR count). The lowest BCUT2D eigenvalue weighted by atomic mass is 10.1. The zero-order valence-corrected chi connectivity index (χ0v) is 16.6. The van der Waals surface area contributed by atoms with Gasteiger partial charge in [-0.15, -0.1) is 0 Å². The molecule has 27 heavy (non-hydrogen) atoms. The second kappa shape index (κ2) is 12.1. The highest BCUT2D eigenvalue weighted by molar-refractivity contribution is 6.06. The van der Waals surface area contributed by atoms with Crippen molar-refractivity contribution in [1.29, 1.82) is 0 Å². The van der Waals surface area contributed by atoms with E-state index in [4.69, 9.17) is 4.74 Å². The first-order chi connectivity index (χ1) is 13.2. The zero-order chi connectivity index (χ0) is 19.3. The molecule has 0 unspecified atom stereocenters. The largest absolute Gasteiger partial charge is 0.494 e. The van der Waals surface area contributed by atoms with E-state index in [1.165, 1.54) is 19.4 Å². The van der Waals surface area contributed by atoms with Gasteiger partial charge in [0.15, 0.2) is 5.78 Å². The van der Waals surface area contributed by atoms with Crippen molar-refractivity contribution < 1.29 is 9.53 Å². The Balaban J connectivity index is 1.70. The first-order valence-electron chi connectivity index (χ1n) is 9.95. The molecule has 0 aromatic heterocycles. The van der Waals surface area contributed by atoms with Gasteiger partial charge >= 0.3 is 0 Å². The lowest BCUT2D eigenvalue weighted by Gasteiger charge is -2.17. The highest BCUT2D eigenvalue weighted by Crippen LogP contribution is 2.14. The van der Waals surface area contributed by atoms with Crippen LogP contribution >= 0.6 is 0 Å². The molecule has 0 saturated heterocycles. The van der Waals surface area contributed by atoms with Crippen LogP contribution in [-0.4, -0.2) is 36.9 Å². The smallest absolute Gasteiger partial charge is 0.185 e. The Kier molecular flexibility index (Phi) is 9.36. The second-order valence-corrected chi connectivity index (χ2v) is 6.57. The molecule has 0 amide bonds. The van der Waals surface area contributed by atoms with Gasteiger partial charge in [0, 0.05) is 5.56 Å². The van der Waals surface area contributed by atoms with Crippen LogP contribution in [0.25, 0.3) is 6.08 Å². The first kappa shape index (κ1) is 20.9. The minimum absolute atomic E-state index is 0.00167. The normalized spacial score (nSPS) is 11.2. The Hall–Kier alpha value is -2.39. The first-order valence-corrected chi connectivity index (χ1v) is 9.95. The number of ether oxygens (including phenoxy) is 1. The van der Waals surface area contributed by atoms with Gasteiger partial charge in [0.05, 0.1) is 6.61 Å². The predicted molar refractivity (Wildman–Crippen MR) is 113 cm³/mol. The molecular weight excluding hydrogens is 334 g/mol. The Morgan fingerprint density at radius 1 is 0.926 bits per heavy atom. The fourth-order valence-electron chi connectivity index (χ4n) is 2.89. The average Bonchev–Trinajstić information content (AvgIpc) is 2.73. The third-order valence-electron chi connectivity index (χ3n) is 4.65. The van der Waals surface area contributed by atoms with Crippen molar-refractivity contribution in [3.05, 3.63) is 71.8 Å². The highest BCUT2D eigenvalue weighted by atomic mass is 16.5. The number of carbonyl (C=O) groups excluding carboxylic acids is 1. The summed E-state index contributed by atoms with van der Waals surface area (Å²) >= 11 is 0. The van der Waals surface area contributed by atoms with Gasteiger partial charge in [-0.25, -0.2) is 0 Å². The van der Waals surface area contributed by atoms with E-state index < -0.39 is 0 Å². The van der Waals surface area contributed by atoms with Gasteiger partial charge in [-0.05, 0) is 74.8 Å². The Labute approximate surface area is 163 Å². The van der Waals surface area contributed by atoms with Crippen molar-refractivity contribution in [2.75, 3.05) is 26.2 Å². The Bertz CT molecular complexity index is 688. The molecule has 3 nitrogen and oxygen atoms in total. The molecule has 0 saturated carbocycles. The molecule has 2 aromatic carbocycles. The summed E-state index contributed by atoms with van der Waals surface area (Å²) in [6, 6.07) is 17.2. The summed E-state index contributed by atoms with van der Waals surface area (Å²) in [5, 5.41) is 0. The van der Waals surface area contributed by atoms with Gasteiger partial charge in [0.1, 0.15) is 5.75 Å². The molecule has 0 aliphatic carbocycles. The van der Waals surface area contributed by atoms with Crippen LogP contribution in [0.15, 0.2) is 60.7 Å². The van der Waals surface area contributed by atoms with Crippen LogP contribution in [0, 0.1) is 0 Å². The molecule has 144 valence electrons. The monoisotopic (exact) mass is 365 g/mol. The van der Waals surface area contributed by atoms with Crippen LogP contribution in [0.2, 0.25) is 0 Å². The van der Waals surface area contributed by atoms with Crippen LogP contribution in [0.5, 0.6) is 5.75 Å². The maximum absolute atomic E-state index is 12.2. The number of benzene rings is 2. The van der Waals surface area contributed by atoms with Crippen molar-refractivity contribution in [3.63, 3.8) is 0 Å². The van der Waals surface area contributed by atoms with Gasteiger partial charge in [0.25, 0.3) is 0 Å². The van der Waals surface area contributed by atoms with E-state index in [0.717, 1.165) is 37.4 Å². The van der Waals surface area contributed by atoms with Crippen molar-refractivity contribution >= 4 is 11.9 Å². The molecule has 0 aliphatic heterocycles. The van der Waals surface area contributed by atoms with Crippen LogP contribution in [0.4, 0.5) is 0 Å². The minimum atomic E-state index is 0.00167. The number of allylic oxidation sites excluding steroid dienone is 1. The molecule has 0 heterocycles. The fourth-order valence-corrected chi connectivity index (χ4v) is 2.89. The number of ketones is 1. The van der Waals surface area contributed by atoms with Gasteiger partial charge in [-0.3, -0.25) is 4.79 Å². The molecular formula is C24H31NO2. The number of nitrogens with zero attached hydrogens (tertiary/aromatic N) is 1. The zero-order valence-electron chi connectivity index (χ0n) is 16.6. The van der Waals surface area contributed by atoms with E-state index in [1.54, 1.807) is 6.08 Å². The lowest BCUT2D eigenvalue weighted by molar-refractivity contribution is 0.104. The van der Waals surface area contributed by atoms with Gasteiger partial charge < -0.3 is 9.64 Å². The summed E-state index contributed by atoms with van der Waals surface area (Å²) in [5.41, 5.74) is 1.69. The minimum Gasteiger partial charge on any atom is -0.494 e. The summed E-state index contributed by atoms with van der Waals surface area (Å²) < 4.78 is 5.79. The summed E-state index contributed by atoms with van der Waals surface area (Å²) in [5.74, 6) is 0.823. The Morgan fingerprint density at radius 2 is 1.63 bits per heavy atom. The second-order valence-electron chi connectivity index (χ2n) is 6.57. The van der Waals surface area contributed by atoms with Crippen LogP contribution in [0.1, 0.15) is 49.0 Å². The maximum atomic E-state index is 12.2. The molecule has 0 aliphatic rings. The van der Waals surface area contributed by atoms with E-state index in [9.17, 15) is 4.79 Å². The molecule has 0 spiro atoms. The van der Waals surface area contributed by atoms with Crippen LogP contribution in [0.3, 0.4) is 0 Å². The Morgan fingerprint density at radius 3 is 2.30 bits per heavy atom. The number of hydrogen-bond donors (Lipinski definition) is 0. The summed E-state index contributed by atoms with van der Waals surface area (Å²) in [6.07, 6.45) is 6.90. The summed E-state index contributed by atoms with van der Waals surface area (Å²) in [7, 11) is 0. The predicted octanol–water partition coefficient (Wildman–Crippen LogP) is 5.47. The van der Waals surface area contributed by atoms with Crippen LogP contribution < -0.4 is 4.74 Å². The molecule has 2 aromatic rings. The van der Waals surface area contributed by atoms with E-state index in [1.807, 2.05) is 60.7 Å². The number of carbonyl (C=O) groups is 1. The highest BCUT2D eigenvalue weighted by Gasteiger charge is 2.03. The molecule has 0 fully saturated rings. The van der Waals surface area contributed by atoms with E-state index in [2.05, 4.69) is 18.7 Å². The van der Waals surface area contributed by atoms with E-state index in [-0.39, 0.29) is 5.78 Å². The molecule has 3 heteroatoms. The van der Waals surface area contributed by atoms with Crippen molar-refractivity contribution in [2.45, 2.75) is 33.1 Å². The van der Waals surface area contributed by atoms with Gasteiger partial charge in [0.2, 0.25) is 0 Å². The third-order valence-corrected chi connectivity index (χ3v) is 4.65. The maximum Gasteiger partial charge on any atom is 0.185 e. The summed E-state index contributed by atoms with van der Waals surface area (Å²) in [6.45, 7) is 8.55. The molecule has 0 N–H and O–H groups in total. The molecule has 0 bridgehead atoms. The van der Waals surface area contributed by atoms with Crippen molar-refractivity contribution in [3.8, 4) is 5.75 Å². The van der Waals surface area contributed by atoms with E-state index in [0.29, 0.717) is 5.56 Å². The number of unbranched alkanes of at least 4 members (excludes halogenated alkanes) is 2. The molecule has 0 radical (unpaired) electrons. The topological polar surface area (TPSA) is 29.5 Å². The molecule has 0 atom stereocenters. The SMILES string of the molecule is CCN(CC)CCCCCOc1ccc(C(=O)/C=C/c2ccccc2)cc1. The average molecular weight is 366 g/mol. The number of rotatable bonds is 12. The third kappa shape index (κ3) is 7.79. The lowest BCUT2D eigenvalue weighted by Crippen LogP contribution is -2.23. The summed E-state index contributed by atoms with van der Waals surface area (Å²) in [4.78, 5) is 14.7.